The molecule has 0 atom stereocenters. The number of benzene rings is 1. The number of halogens is 1. The molecular formula is C18H20ClN5O2. The van der Waals surface area contributed by atoms with Crippen LogP contribution in [0.15, 0.2) is 27.8 Å². The van der Waals surface area contributed by atoms with Crippen molar-refractivity contribution in [2.24, 2.45) is 7.05 Å². The van der Waals surface area contributed by atoms with Gasteiger partial charge in [-0.2, -0.15) is 4.98 Å². The molecule has 0 bridgehead atoms. The second-order valence-electron chi connectivity index (χ2n) is 6.57. The molecule has 0 radical (unpaired) electrons. The smallest absolute Gasteiger partial charge is 0.310 e. The van der Waals surface area contributed by atoms with Gasteiger partial charge in [0.25, 0.3) is 5.56 Å². The summed E-state index contributed by atoms with van der Waals surface area (Å²) in [5.74, 6) is 0.673. The molecule has 26 heavy (non-hydrogen) atoms. The highest BCUT2D eigenvalue weighted by atomic mass is 35.5. The Kier molecular flexibility index (Phi) is 3.91. The molecule has 1 aromatic carbocycles. The first kappa shape index (κ1) is 16.9. The van der Waals surface area contributed by atoms with Gasteiger partial charge in [0, 0.05) is 37.4 Å². The minimum absolute atomic E-state index is 0.270. The van der Waals surface area contributed by atoms with Gasteiger partial charge in [-0.3, -0.25) is 13.9 Å². The number of aryl methyl sites for hydroxylation is 1. The van der Waals surface area contributed by atoms with Gasteiger partial charge in [-0.1, -0.05) is 24.6 Å². The van der Waals surface area contributed by atoms with Crippen molar-refractivity contribution in [2.45, 2.75) is 33.4 Å². The highest BCUT2D eigenvalue weighted by Gasteiger charge is 2.29. The monoisotopic (exact) mass is 373 g/mol. The fraction of sp³-hybridized carbons (Fsp3) is 0.389. The molecule has 0 saturated carbocycles. The molecular weight excluding hydrogens is 354 g/mol. The van der Waals surface area contributed by atoms with Crippen molar-refractivity contribution in [1.29, 1.82) is 0 Å². The van der Waals surface area contributed by atoms with Crippen LogP contribution < -0.4 is 16.1 Å². The Bertz CT molecular complexity index is 1140. The van der Waals surface area contributed by atoms with Gasteiger partial charge in [0.1, 0.15) is 0 Å². The van der Waals surface area contributed by atoms with Gasteiger partial charge in [0.2, 0.25) is 5.95 Å². The van der Waals surface area contributed by atoms with E-state index in [-0.39, 0.29) is 11.2 Å². The summed E-state index contributed by atoms with van der Waals surface area (Å²) in [5.41, 5.74) is 2.24. The maximum absolute atomic E-state index is 12.9. The number of imidazole rings is 1. The number of aromatic nitrogens is 4. The summed E-state index contributed by atoms with van der Waals surface area (Å²) >= 11 is 6.27. The van der Waals surface area contributed by atoms with Crippen LogP contribution >= 0.6 is 11.6 Å². The zero-order chi connectivity index (χ0) is 18.6. The SMILES string of the molecule is CCCn1c(=O)c2c(nc3n2CCN3c2cccc(Cl)c2C)n(C)c1=O. The minimum Gasteiger partial charge on any atom is -0.310 e. The van der Waals surface area contributed by atoms with Crippen molar-refractivity contribution in [1.82, 2.24) is 18.7 Å². The largest absolute Gasteiger partial charge is 0.332 e. The molecule has 8 heteroatoms. The van der Waals surface area contributed by atoms with Crippen molar-refractivity contribution in [2.75, 3.05) is 11.4 Å². The number of anilines is 2. The van der Waals surface area contributed by atoms with Gasteiger partial charge >= 0.3 is 5.69 Å². The van der Waals surface area contributed by atoms with Gasteiger partial charge in [0.15, 0.2) is 11.2 Å². The van der Waals surface area contributed by atoms with Crippen LogP contribution in [-0.2, 0) is 20.1 Å². The number of fused-ring (bicyclic) bond motifs is 3. The average Bonchev–Trinajstić information content (AvgIpc) is 3.18. The van der Waals surface area contributed by atoms with E-state index >= 15 is 0 Å². The molecule has 0 N–H and O–H groups in total. The Labute approximate surface area is 155 Å². The lowest BCUT2D eigenvalue weighted by Crippen LogP contribution is -2.39. The molecule has 3 aromatic rings. The predicted octanol–water partition coefficient (Wildman–Crippen LogP) is 2.42. The van der Waals surface area contributed by atoms with Crippen LogP contribution in [0.25, 0.3) is 11.2 Å². The molecule has 3 heterocycles. The second-order valence-corrected chi connectivity index (χ2v) is 6.98. The summed E-state index contributed by atoms with van der Waals surface area (Å²) in [4.78, 5) is 32.1. The lowest BCUT2D eigenvalue weighted by Gasteiger charge is -2.19. The van der Waals surface area contributed by atoms with Gasteiger partial charge in [-0.05, 0) is 31.0 Å². The topological polar surface area (TPSA) is 65.1 Å². The zero-order valence-electron chi connectivity index (χ0n) is 15.0. The van der Waals surface area contributed by atoms with Crippen LogP contribution in [-0.4, -0.2) is 25.2 Å². The van der Waals surface area contributed by atoms with E-state index in [0.29, 0.717) is 41.8 Å². The maximum atomic E-state index is 12.9. The Hall–Kier alpha value is -2.54. The van der Waals surface area contributed by atoms with Crippen LogP contribution in [0, 0.1) is 6.92 Å². The number of nitrogens with zero attached hydrogens (tertiary/aromatic N) is 5. The van der Waals surface area contributed by atoms with Crippen molar-refractivity contribution in [3.63, 3.8) is 0 Å². The number of rotatable bonds is 3. The van der Waals surface area contributed by atoms with Crippen molar-refractivity contribution < 1.29 is 0 Å². The first-order valence-corrected chi connectivity index (χ1v) is 9.06. The average molecular weight is 374 g/mol. The van der Waals surface area contributed by atoms with Crippen LogP contribution in [0.3, 0.4) is 0 Å². The quantitative estimate of drug-likeness (QED) is 0.707. The van der Waals surface area contributed by atoms with E-state index in [0.717, 1.165) is 17.7 Å². The van der Waals surface area contributed by atoms with E-state index in [4.69, 9.17) is 11.6 Å². The Morgan fingerprint density at radius 2 is 2.00 bits per heavy atom. The maximum Gasteiger partial charge on any atom is 0.332 e. The van der Waals surface area contributed by atoms with Gasteiger partial charge in [0.05, 0.1) is 0 Å². The third kappa shape index (κ3) is 2.23. The lowest BCUT2D eigenvalue weighted by molar-refractivity contribution is 0.590. The molecule has 7 nitrogen and oxygen atoms in total. The van der Waals surface area contributed by atoms with E-state index in [2.05, 4.69) is 9.88 Å². The number of hydrogen-bond donors (Lipinski definition) is 0. The zero-order valence-corrected chi connectivity index (χ0v) is 15.7. The van der Waals surface area contributed by atoms with Gasteiger partial charge in [-0.25, -0.2) is 4.79 Å². The van der Waals surface area contributed by atoms with E-state index in [1.807, 2.05) is 36.6 Å². The second kappa shape index (κ2) is 6.02. The summed E-state index contributed by atoms with van der Waals surface area (Å²) in [6, 6.07) is 5.75. The van der Waals surface area contributed by atoms with Crippen LogP contribution in [0.5, 0.6) is 0 Å². The number of hydrogen-bond acceptors (Lipinski definition) is 4. The van der Waals surface area contributed by atoms with Crippen LogP contribution in [0.1, 0.15) is 18.9 Å². The summed E-state index contributed by atoms with van der Waals surface area (Å²) < 4.78 is 4.66. The highest BCUT2D eigenvalue weighted by molar-refractivity contribution is 6.31. The standard InChI is InChI=1S/C18H20ClN5O2/c1-4-8-24-16(25)14-15(21(3)18(24)26)20-17-22(9-10-23(14)17)13-7-5-6-12(19)11(13)2/h5-7H,4,8-10H2,1-3H3. The molecule has 0 amide bonds. The molecule has 0 aliphatic carbocycles. The molecule has 4 rings (SSSR count). The third-order valence-corrected chi connectivity index (χ3v) is 5.39. The van der Waals surface area contributed by atoms with Crippen molar-refractivity contribution >= 4 is 34.4 Å². The summed E-state index contributed by atoms with van der Waals surface area (Å²) in [6.45, 7) is 5.65. The summed E-state index contributed by atoms with van der Waals surface area (Å²) in [5, 5.41) is 0.690. The fourth-order valence-electron chi connectivity index (χ4n) is 3.62. The molecule has 2 aromatic heterocycles. The Balaban J connectivity index is 1.98. The van der Waals surface area contributed by atoms with E-state index in [9.17, 15) is 9.59 Å². The molecule has 0 saturated heterocycles. The highest BCUT2D eigenvalue weighted by Crippen LogP contribution is 2.35. The van der Waals surface area contributed by atoms with Crippen LogP contribution in [0.4, 0.5) is 11.6 Å². The van der Waals surface area contributed by atoms with Crippen molar-refractivity contribution in [3.8, 4) is 0 Å². The molecule has 1 aliphatic rings. The predicted molar refractivity (Wildman–Crippen MR) is 103 cm³/mol. The molecule has 0 unspecified atom stereocenters. The first-order valence-electron chi connectivity index (χ1n) is 8.68. The molecule has 136 valence electrons. The molecule has 0 spiro atoms. The lowest BCUT2D eigenvalue weighted by atomic mass is 10.2. The van der Waals surface area contributed by atoms with E-state index in [1.165, 1.54) is 9.13 Å². The fourth-order valence-corrected chi connectivity index (χ4v) is 3.78. The first-order chi connectivity index (χ1) is 12.5. The Morgan fingerprint density at radius 3 is 2.73 bits per heavy atom. The summed E-state index contributed by atoms with van der Waals surface area (Å²) in [7, 11) is 1.66. The normalized spacial score (nSPS) is 13.6. The van der Waals surface area contributed by atoms with E-state index < -0.39 is 0 Å². The van der Waals surface area contributed by atoms with Crippen molar-refractivity contribution in [3.05, 3.63) is 49.6 Å². The summed E-state index contributed by atoms with van der Waals surface area (Å²) in [6.07, 6.45) is 0.718. The van der Waals surface area contributed by atoms with E-state index in [1.54, 1.807) is 7.05 Å². The third-order valence-electron chi connectivity index (χ3n) is 4.98. The van der Waals surface area contributed by atoms with Crippen LogP contribution in [0.2, 0.25) is 5.02 Å². The molecule has 1 aliphatic heterocycles. The minimum atomic E-state index is -0.327. The Morgan fingerprint density at radius 1 is 1.23 bits per heavy atom. The molecule has 0 fully saturated rings. The van der Waals surface area contributed by atoms with Gasteiger partial charge < -0.3 is 9.47 Å². The van der Waals surface area contributed by atoms with Gasteiger partial charge in [-0.15, -0.1) is 0 Å².